The maximum absolute atomic E-state index is 5.17. The first-order chi connectivity index (χ1) is 30.6. The summed E-state index contributed by atoms with van der Waals surface area (Å²) >= 11 is 0. The molecule has 1 atom stereocenters. The maximum atomic E-state index is 5.17. The second-order valence-corrected chi connectivity index (χ2v) is 20.1. The quantitative estimate of drug-likeness (QED) is 0.143. The van der Waals surface area contributed by atoms with Crippen molar-refractivity contribution in [3.8, 4) is 89.5 Å². The van der Waals surface area contributed by atoms with Crippen LogP contribution in [0, 0.1) is 0 Å². The van der Waals surface area contributed by atoms with E-state index in [1.54, 1.807) is 0 Å². The standard InChI is InChI=1S/C59H42N2Si/c1-62(51-27-9-4-10-28-51)57-32-12-11-29-53(57)54-31-16-30-52(58(54)62)49-25-14-24-48(38-49)47-23-13-21-45(37-47)42-33-35-44(36-34-42)59-60-55(43-19-7-3-8-20-43)40-56(61-59)50-26-15-22-46(39-50)41-17-5-2-6-18-41/h2-40H,1H3. The summed E-state index contributed by atoms with van der Waals surface area (Å²) in [7, 11) is -2.28. The van der Waals surface area contributed by atoms with Gasteiger partial charge < -0.3 is 0 Å². The molecule has 62 heavy (non-hydrogen) atoms. The summed E-state index contributed by atoms with van der Waals surface area (Å²) in [6, 6.07) is 85.4. The summed E-state index contributed by atoms with van der Waals surface area (Å²) in [6.45, 7) is 2.53. The monoisotopic (exact) mass is 806 g/mol. The lowest BCUT2D eigenvalue weighted by atomic mass is 9.94. The SMILES string of the molecule is C[Si]1(c2ccccc2)c2ccccc2-c2cccc(-c3cccc(-c4cccc(-c5ccc(-c6nc(-c7ccccc7)cc(-c7cccc(-c8ccccc8)c7)n6)cc5)c4)c3)c21. The van der Waals surface area contributed by atoms with E-state index < -0.39 is 8.07 Å². The van der Waals surface area contributed by atoms with Crippen LogP contribution in [0.2, 0.25) is 6.55 Å². The van der Waals surface area contributed by atoms with Gasteiger partial charge in [0.15, 0.2) is 5.82 Å². The molecule has 292 valence electrons. The molecule has 1 aromatic heterocycles. The Balaban J connectivity index is 0.931. The van der Waals surface area contributed by atoms with Gasteiger partial charge in [0.1, 0.15) is 8.07 Å². The van der Waals surface area contributed by atoms with Crippen molar-refractivity contribution in [1.29, 1.82) is 0 Å². The van der Waals surface area contributed by atoms with Crippen molar-refractivity contribution < 1.29 is 0 Å². The Morgan fingerprint density at radius 1 is 0.290 bits per heavy atom. The van der Waals surface area contributed by atoms with Gasteiger partial charge in [0.05, 0.1) is 11.4 Å². The van der Waals surface area contributed by atoms with Crippen LogP contribution >= 0.6 is 0 Å². The summed E-state index contributed by atoms with van der Waals surface area (Å²) in [5, 5.41) is 4.44. The van der Waals surface area contributed by atoms with Gasteiger partial charge in [0.2, 0.25) is 0 Å². The molecule has 0 amide bonds. The van der Waals surface area contributed by atoms with Crippen LogP contribution in [0.3, 0.4) is 0 Å². The largest absolute Gasteiger partial charge is 0.228 e. The zero-order chi connectivity index (χ0) is 41.5. The zero-order valence-corrected chi connectivity index (χ0v) is 35.4. The van der Waals surface area contributed by atoms with Crippen LogP contribution in [-0.4, -0.2) is 18.0 Å². The molecule has 1 aliphatic heterocycles. The van der Waals surface area contributed by atoms with Crippen molar-refractivity contribution in [1.82, 2.24) is 9.97 Å². The molecule has 0 spiro atoms. The molecule has 0 N–H and O–H groups in total. The molecule has 0 aliphatic carbocycles. The van der Waals surface area contributed by atoms with Gasteiger partial charge in [0, 0.05) is 16.7 Å². The smallest absolute Gasteiger partial charge is 0.160 e. The highest BCUT2D eigenvalue weighted by Crippen LogP contribution is 2.36. The summed E-state index contributed by atoms with van der Waals surface area (Å²) in [6.07, 6.45) is 0. The molecular weight excluding hydrogens is 765 g/mol. The fourth-order valence-electron chi connectivity index (χ4n) is 9.44. The van der Waals surface area contributed by atoms with Gasteiger partial charge in [-0.05, 0) is 95.5 Å². The minimum absolute atomic E-state index is 0.700. The minimum atomic E-state index is -2.28. The Labute approximate surface area is 364 Å². The fourth-order valence-corrected chi connectivity index (χ4v) is 13.9. The van der Waals surface area contributed by atoms with Crippen LogP contribution in [0.15, 0.2) is 237 Å². The van der Waals surface area contributed by atoms with Gasteiger partial charge in [-0.2, -0.15) is 0 Å². The van der Waals surface area contributed by atoms with Crippen molar-refractivity contribution in [2.24, 2.45) is 0 Å². The predicted octanol–water partition coefficient (Wildman–Crippen LogP) is 13.2. The number of fused-ring (bicyclic) bond motifs is 3. The van der Waals surface area contributed by atoms with E-state index in [-0.39, 0.29) is 0 Å². The first kappa shape index (κ1) is 37.3. The number of hydrogen-bond donors (Lipinski definition) is 0. The van der Waals surface area contributed by atoms with Crippen LogP contribution in [0.5, 0.6) is 0 Å². The van der Waals surface area contributed by atoms with Gasteiger partial charge in [0.25, 0.3) is 0 Å². The molecule has 0 radical (unpaired) electrons. The Kier molecular flexibility index (Phi) is 9.45. The van der Waals surface area contributed by atoms with Crippen LogP contribution in [0.1, 0.15) is 0 Å². The highest BCUT2D eigenvalue weighted by Gasteiger charge is 2.44. The molecule has 11 rings (SSSR count). The summed E-state index contributed by atoms with van der Waals surface area (Å²) in [5.41, 5.74) is 17.2. The molecule has 9 aromatic carbocycles. The molecule has 2 nitrogen and oxygen atoms in total. The molecule has 2 heterocycles. The normalized spacial score (nSPS) is 14.0. The topological polar surface area (TPSA) is 25.8 Å². The fraction of sp³-hybridized carbons (Fsp3) is 0.0169. The first-order valence-corrected chi connectivity index (χ1v) is 23.8. The Morgan fingerprint density at radius 3 is 1.39 bits per heavy atom. The Morgan fingerprint density at radius 2 is 0.710 bits per heavy atom. The number of rotatable bonds is 8. The van der Waals surface area contributed by atoms with E-state index >= 15 is 0 Å². The molecule has 0 saturated carbocycles. The Bertz CT molecular complexity index is 3230. The van der Waals surface area contributed by atoms with Crippen molar-refractivity contribution in [2.45, 2.75) is 6.55 Å². The predicted molar refractivity (Wildman–Crippen MR) is 262 cm³/mol. The van der Waals surface area contributed by atoms with Gasteiger partial charge in [-0.25, -0.2) is 9.97 Å². The highest BCUT2D eigenvalue weighted by molar-refractivity contribution is 7.14. The average Bonchev–Trinajstić information content (AvgIpc) is 3.63. The van der Waals surface area contributed by atoms with E-state index in [0.717, 1.165) is 44.8 Å². The second kappa shape index (κ2) is 15.7. The molecule has 0 bridgehead atoms. The molecule has 0 fully saturated rings. The minimum Gasteiger partial charge on any atom is -0.228 e. The summed E-state index contributed by atoms with van der Waals surface area (Å²) in [4.78, 5) is 10.3. The lowest BCUT2D eigenvalue weighted by molar-refractivity contribution is 1.18. The summed E-state index contributed by atoms with van der Waals surface area (Å²) in [5.74, 6) is 0.700. The molecule has 0 saturated heterocycles. The van der Waals surface area contributed by atoms with E-state index in [2.05, 4.69) is 237 Å². The average molecular weight is 807 g/mol. The highest BCUT2D eigenvalue weighted by atomic mass is 28.3. The van der Waals surface area contributed by atoms with Crippen LogP contribution in [-0.2, 0) is 0 Å². The number of nitrogens with zero attached hydrogens (tertiary/aromatic N) is 2. The van der Waals surface area contributed by atoms with E-state index in [1.165, 1.54) is 54.5 Å². The van der Waals surface area contributed by atoms with Gasteiger partial charge in [-0.3, -0.25) is 0 Å². The zero-order valence-electron chi connectivity index (χ0n) is 34.4. The second-order valence-electron chi connectivity index (χ2n) is 16.3. The maximum Gasteiger partial charge on any atom is 0.160 e. The van der Waals surface area contributed by atoms with E-state index in [1.807, 2.05) is 6.07 Å². The first-order valence-electron chi connectivity index (χ1n) is 21.3. The van der Waals surface area contributed by atoms with Gasteiger partial charge in [-0.1, -0.05) is 219 Å². The van der Waals surface area contributed by atoms with E-state index in [4.69, 9.17) is 9.97 Å². The van der Waals surface area contributed by atoms with Crippen LogP contribution in [0.25, 0.3) is 89.5 Å². The van der Waals surface area contributed by atoms with Gasteiger partial charge >= 0.3 is 0 Å². The van der Waals surface area contributed by atoms with Gasteiger partial charge in [-0.15, -0.1) is 0 Å². The van der Waals surface area contributed by atoms with Crippen LogP contribution < -0.4 is 15.6 Å². The third-order valence-corrected chi connectivity index (χ3v) is 17.1. The number of aromatic nitrogens is 2. The number of hydrogen-bond acceptors (Lipinski definition) is 2. The molecular formula is C59H42N2Si. The third kappa shape index (κ3) is 6.70. The van der Waals surface area contributed by atoms with Crippen LogP contribution in [0.4, 0.5) is 0 Å². The molecule has 3 heteroatoms. The molecule has 1 unspecified atom stereocenters. The van der Waals surface area contributed by atoms with Crippen molar-refractivity contribution in [3.63, 3.8) is 0 Å². The van der Waals surface area contributed by atoms with Crippen molar-refractivity contribution >= 4 is 23.6 Å². The molecule has 1 aliphatic rings. The van der Waals surface area contributed by atoms with E-state index in [0.29, 0.717) is 5.82 Å². The Hall–Kier alpha value is -7.72. The molecule has 10 aromatic rings. The third-order valence-electron chi connectivity index (χ3n) is 12.6. The van der Waals surface area contributed by atoms with E-state index in [9.17, 15) is 0 Å². The summed E-state index contributed by atoms with van der Waals surface area (Å²) < 4.78 is 0. The lowest BCUT2D eigenvalue weighted by Gasteiger charge is -2.28. The lowest BCUT2D eigenvalue weighted by Crippen LogP contribution is -2.62. The van der Waals surface area contributed by atoms with Crippen molar-refractivity contribution in [2.75, 3.05) is 0 Å². The van der Waals surface area contributed by atoms with Crippen molar-refractivity contribution in [3.05, 3.63) is 237 Å². The number of benzene rings is 9.